The standard InChI is InChI=1S/C11H17NO2/c1-14-11-5-4-9(3-2-6-12)7-10(11)8-13/h4-5,7,13H,2-3,6,8,12H2,1H3. The molecule has 3 heteroatoms. The number of aliphatic hydroxyl groups is 1. The van der Waals surface area contributed by atoms with Gasteiger partial charge in [0.15, 0.2) is 0 Å². The van der Waals surface area contributed by atoms with Gasteiger partial charge >= 0.3 is 0 Å². The smallest absolute Gasteiger partial charge is 0.124 e. The summed E-state index contributed by atoms with van der Waals surface area (Å²) >= 11 is 0. The van der Waals surface area contributed by atoms with Crippen LogP contribution in [0.1, 0.15) is 17.5 Å². The molecule has 0 bridgehead atoms. The lowest BCUT2D eigenvalue weighted by molar-refractivity contribution is 0.273. The molecule has 0 saturated heterocycles. The van der Waals surface area contributed by atoms with Gasteiger partial charge in [0.05, 0.1) is 13.7 Å². The van der Waals surface area contributed by atoms with Gasteiger partial charge in [-0.05, 0) is 37.1 Å². The molecule has 0 aromatic heterocycles. The molecule has 1 aromatic carbocycles. The van der Waals surface area contributed by atoms with Crippen LogP contribution in [0.15, 0.2) is 18.2 Å². The zero-order valence-corrected chi connectivity index (χ0v) is 8.49. The Morgan fingerprint density at radius 1 is 1.43 bits per heavy atom. The first-order chi connectivity index (χ1) is 6.81. The Bertz CT molecular complexity index is 287. The van der Waals surface area contributed by atoms with Crippen LogP contribution in [0.5, 0.6) is 5.75 Å². The van der Waals surface area contributed by atoms with Crippen LogP contribution in [-0.4, -0.2) is 18.8 Å². The first kappa shape index (κ1) is 11.0. The Morgan fingerprint density at radius 2 is 2.21 bits per heavy atom. The Kier molecular flexibility index (Phi) is 4.43. The predicted octanol–water partition coefficient (Wildman–Crippen LogP) is 1.08. The average molecular weight is 195 g/mol. The minimum atomic E-state index is 0.0135. The number of methoxy groups -OCH3 is 1. The van der Waals surface area contributed by atoms with E-state index in [2.05, 4.69) is 0 Å². The lowest BCUT2D eigenvalue weighted by Crippen LogP contribution is -2.01. The maximum atomic E-state index is 9.09. The highest BCUT2D eigenvalue weighted by Gasteiger charge is 2.02. The summed E-state index contributed by atoms with van der Waals surface area (Å²) in [6, 6.07) is 5.86. The van der Waals surface area contributed by atoms with Crippen molar-refractivity contribution in [3.8, 4) is 5.75 Å². The number of rotatable bonds is 5. The van der Waals surface area contributed by atoms with Gasteiger partial charge in [-0.25, -0.2) is 0 Å². The molecule has 0 amide bonds. The van der Waals surface area contributed by atoms with Crippen molar-refractivity contribution in [1.82, 2.24) is 0 Å². The van der Waals surface area contributed by atoms with Gasteiger partial charge < -0.3 is 15.6 Å². The molecule has 0 aliphatic heterocycles. The second-order valence-corrected chi connectivity index (χ2v) is 3.20. The molecule has 1 aromatic rings. The number of aryl methyl sites for hydroxylation is 1. The van der Waals surface area contributed by atoms with Gasteiger partial charge in [-0.2, -0.15) is 0 Å². The highest BCUT2D eigenvalue weighted by atomic mass is 16.5. The van der Waals surface area contributed by atoms with Crippen molar-refractivity contribution in [3.63, 3.8) is 0 Å². The molecule has 0 fully saturated rings. The molecule has 0 aliphatic carbocycles. The molecule has 0 unspecified atom stereocenters. The van der Waals surface area contributed by atoms with Gasteiger partial charge in [-0.15, -0.1) is 0 Å². The van der Waals surface area contributed by atoms with Crippen molar-refractivity contribution in [2.45, 2.75) is 19.4 Å². The molecule has 0 aliphatic rings. The fourth-order valence-corrected chi connectivity index (χ4v) is 1.42. The molecule has 0 spiro atoms. The summed E-state index contributed by atoms with van der Waals surface area (Å²) < 4.78 is 5.11. The lowest BCUT2D eigenvalue weighted by Gasteiger charge is -2.08. The quantitative estimate of drug-likeness (QED) is 0.739. The van der Waals surface area contributed by atoms with Crippen LogP contribution in [0.3, 0.4) is 0 Å². The van der Waals surface area contributed by atoms with Gasteiger partial charge in [0, 0.05) is 5.56 Å². The normalized spacial score (nSPS) is 10.2. The summed E-state index contributed by atoms with van der Waals surface area (Å²) in [6.45, 7) is 0.708. The van der Waals surface area contributed by atoms with E-state index in [-0.39, 0.29) is 6.61 Å². The average Bonchev–Trinajstić information content (AvgIpc) is 2.25. The molecule has 0 radical (unpaired) electrons. The third kappa shape index (κ3) is 2.72. The largest absolute Gasteiger partial charge is 0.496 e. The lowest BCUT2D eigenvalue weighted by atomic mass is 10.1. The van der Waals surface area contributed by atoms with Crippen LogP contribution in [0.4, 0.5) is 0 Å². The van der Waals surface area contributed by atoms with Crippen LogP contribution in [0, 0.1) is 0 Å². The molecule has 3 N–H and O–H groups in total. The van der Waals surface area contributed by atoms with Crippen molar-refractivity contribution < 1.29 is 9.84 Å². The number of ether oxygens (including phenoxy) is 1. The Hall–Kier alpha value is -1.06. The van der Waals surface area contributed by atoms with Crippen molar-refractivity contribution in [1.29, 1.82) is 0 Å². The maximum Gasteiger partial charge on any atom is 0.124 e. The van der Waals surface area contributed by atoms with Crippen LogP contribution in [0.2, 0.25) is 0 Å². The van der Waals surface area contributed by atoms with Crippen LogP contribution in [-0.2, 0) is 13.0 Å². The Balaban J connectivity index is 2.79. The van der Waals surface area contributed by atoms with E-state index in [1.54, 1.807) is 7.11 Å². The molecule has 14 heavy (non-hydrogen) atoms. The topological polar surface area (TPSA) is 55.5 Å². The van der Waals surface area contributed by atoms with Crippen molar-refractivity contribution in [2.24, 2.45) is 5.73 Å². The molecular formula is C11H17NO2. The van der Waals surface area contributed by atoms with Crippen molar-refractivity contribution >= 4 is 0 Å². The highest BCUT2D eigenvalue weighted by Crippen LogP contribution is 2.20. The molecule has 1 rings (SSSR count). The second kappa shape index (κ2) is 5.62. The van der Waals surface area contributed by atoms with E-state index in [1.165, 1.54) is 5.56 Å². The van der Waals surface area contributed by atoms with E-state index < -0.39 is 0 Å². The first-order valence-electron chi connectivity index (χ1n) is 4.78. The summed E-state index contributed by atoms with van der Waals surface area (Å²) in [4.78, 5) is 0. The van der Waals surface area contributed by atoms with Gasteiger partial charge in [0.2, 0.25) is 0 Å². The number of hydrogen-bond donors (Lipinski definition) is 2. The number of hydrogen-bond acceptors (Lipinski definition) is 3. The second-order valence-electron chi connectivity index (χ2n) is 3.20. The fourth-order valence-electron chi connectivity index (χ4n) is 1.42. The molecule has 0 saturated carbocycles. The van der Waals surface area contributed by atoms with E-state index in [0.717, 1.165) is 24.2 Å². The minimum Gasteiger partial charge on any atom is -0.496 e. The monoisotopic (exact) mass is 195 g/mol. The van der Waals surface area contributed by atoms with Crippen molar-refractivity contribution in [2.75, 3.05) is 13.7 Å². The van der Waals surface area contributed by atoms with Crippen LogP contribution >= 0.6 is 0 Å². The molecule has 3 nitrogen and oxygen atoms in total. The number of benzene rings is 1. The summed E-state index contributed by atoms with van der Waals surface area (Å²) in [6.07, 6.45) is 1.92. The molecule has 0 heterocycles. The summed E-state index contributed by atoms with van der Waals surface area (Å²) in [5.74, 6) is 0.740. The summed E-state index contributed by atoms with van der Waals surface area (Å²) in [5.41, 5.74) is 7.46. The van der Waals surface area contributed by atoms with E-state index in [0.29, 0.717) is 6.54 Å². The molecule has 78 valence electrons. The third-order valence-corrected chi connectivity index (χ3v) is 2.18. The SMILES string of the molecule is COc1ccc(CCCN)cc1CO. The van der Waals surface area contributed by atoms with E-state index in [9.17, 15) is 0 Å². The molecule has 0 atom stereocenters. The van der Waals surface area contributed by atoms with Gasteiger partial charge in [0.25, 0.3) is 0 Å². The zero-order chi connectivity index (χ0) is 10.4. The molecular weight excluding hydrogens is 178 g/mol. The number of aliphatic hydroxyl groups excluding tert-OH is 1. The minimum absolute atomic E-state index is 0.0135. The van der Waals surface area contributed by atoms with E-state index in [1.807, 2.05) is 18.2 Å². The van der Waals surface area contributed by atoms with Crippen molar-refractivity contribution in [3.05, 3.63) is 29.3 Å². The fraction of sp³-hybridized carbons (Fsp3) is 0.455. The maximum absolute atomic E-state index is 9.09. The zero-order valence-electron chi connectivity index (χ0n) is 8.49. The first-order valence-corrected chi connectivity index (χ1v) is 4.78. The van der Waals surface area contributed by atoms with E-state index in [4.69, 9.17) is 15.6 Å². The third-order valence-electron chi connectivity index (χ3n) is 2.18. The summed E-state index contributed by atoms with van der Waals surface area (Å²) in [7, 11) is 1.61. The number of nitrogens with two attached hydrogens (primary N) is 1. The van der Waals surface area contributed by atoms with Gasteiger partial charge in [-0.3, -0.25) is 0 Å². The Morgan fingerprint density at radius 3 is 2.79 bits per heavy atom. The van der Waals surface area contributed by atoms with Crippen LogP contribution < -0.4 is 10.5 Å². The Labute approximate surface area is 84.5 Å². The highest BCUT2D eigenvalue weighted by molar-refractivity contribution is 5.36. The predicted molar refractivity (Wildman–Crippen MR) is 56.3 cm³/mol. The van der Waals surface area contributed by atoms with Gasteiger partial charge in [-0.1, -0.05) is 6.07 Å². The van der Waals surface area contributed by atoms with Gasteiger partial charge in [0.1, 0.15) is 5.75 Å². The van der Waals surface area contributed by atoms with Crippen LogP contribution in [0.25, 0.3) is 0 Å². The summed E-state index contributed by atoms with van der Waals surface area (Å²) in [5, 5.41) is 9.09. The van der Waals surface area contributed by atoms with E-state index >= 15 is 0 Å².